The molecule has 5 atom stereocenters. The molecule has 0 aliphatic heterocycles. The van der Waals surface area contributed by atoms with Gasteiger partial charge in [0.05, 0.1) is 17.7 Å². The van der Waals surface area contributed by atoms with Crippen LogP contribution in [0.3, 0.4) is 0 Å². The number of fused-ring (bicyclic) bond motifs is 3. The van der Waals surface area contributed by atoms with E-state index >= 15 is 0 Å². The molecule has 0 bridgehead atoms. The molecule has 32 heavy (non-hydrogen) atoms. The maximum atomic E-state index is 13.5. The van der Waals surface area contributed by atoms with E-state index in [1.807, 2.05) is 0 Å². The van der Waals surface area contributed by atoms with Crippen LogP contribution in [0.15, 0.2) is 29.2 Å². The minimum Gasteiger partial charge on any atom is -0.507 e. The van der Waals surface area contributed by atoms with E-state index in [1.54, 1.807) is 0 Å². The molecule has 3 aliphatic rings. The van der Waals surface area contributed by atoms with Gasteiger partial charge in [-0.05, 0) is 32.6 Å². The first-order valence-corrected chi connectivity index (χ1v) is 10.1. The first kappa shape index (κ1) is 22.3. The molecule has 11 heteroatoms. The van der Waals surface area contributed by atoms with Gasteiger partial charge in [0.25, 0.3) is 0 Å². The molecule has 1 aromatic carbocycles. The van der Waals surface area contributed by atoms with Gasteiger partial charge < -0.3 is 31.3 Å². The topological polar surface area (TPSA) is 182 Å². The highest BCUT2D eigenvalue weighted by atomic mass is 35.5. The minimum atomic E-state index is -2.84. The fourth-order valence-electron chi connectivity index (χ4n) is 5.23. The number of nitrogens with zero attached hydrogens (tertiary/aromatic N) is 1. The average Bonchev–Trinajstić information content (AvgIpc) is 2.69. The van der Waals surface area contributed by atoms with E-state index < -0.39 is 75.5 Å². The highest BCUT2D eigenvalue weighted by Crippen LogP contribution is 2.55. The minimum absolute atomic E-state index is 0.00814. The lowest BCUT2D eigenvalue weighted by Crippen LogP contribution is -2.69. The lowest BCUT2D eigenvalue weighted by molar-refractivity contribution is -0.167. The number of hydrogen-bond donors (Lipinski definition) is 6. The highest BCUT2D eigenvalue weighted by molar-refractivity contribution is 6.36. The van der Waals surface area contributed by atoms with Crippen LogP contribution in [-0.2, 0) is 14.4 Å². The van der Waals surface area contributed by atoms with Crippen LogP contribution in [0.2, 0.25) is 5.02 Å². The van der Waals surface area contributed by atoms with E-state index in [0.29, 0.717) is 0 Å². The van der Waals surface area contributed by atoms with Crippen molar-refractivity contribution in [3.63, 3.8) is 0 Å². The molecule has 0 saturated heterocycles. The van der Waals surface area contributed by atoms with Gasteiger partial charge in [-0.1, -0.05) is 11.6 Å². The van der Waals surface area contributed by atoms with Gasteiger partial charge in [0, 0.05) is 28.0 Å². The van der Waals surface area contributed by atoms with Crippen LogP contribution < -0.4 is 5.73 Å². The first-order chi connectivity index (χ1) is 14.8. The van der Waals surface area contributed by atoms with Crippen molar-refractivity contribution in [2.24, 2.45) is 17.6 Å². The Bertz CT molecular complexity index is 1150. The number of ketones is 3. The fourth-order valence-corrected chi connectivity index (χ4v) is 5.50. The summed E-state index contributed by atoms with van der Waals surface area (Å²) in [4.78, 5) is 41.0. The summed E-state index contributed by atoms with van der Waals surface area (Å²) in [6.07, 6.45) is -1.73. The van der Waals surface area contributed by atoms with E-state index in [0.717, 1.165) is 6.07 Å². The van der Waals surface area contributed by atoms with Gasteiger partial charge in [-0.2, -0.15) is 0 Å². The molecule has 1 aromatic rings. The van der Waals surface area contributed by atoms with Gasteiger partial charge in [0.2, 0.25) is 11.6 Å². The largest absolute Gasteiger partial charge is 0.507 e. The fraction of sp³-hybridized carbons (Fsp3) is 0.381. The van der Waals surface area contributed by atoms with Crippen LogP contribution >= 0.6 is 11.6 Å². The van der Waals surface area contributed by atoms with E-state index in [2.05, 4.69) is 0 Å². The summed E-state index contributed by atoms with van der Waals surface area (Å²) < 4.78 is 0. The second kappa shape index (κ2) is 7.04. The molecular formula is C21H21ClN2O8. The van der Waals surface area contributed by atoms with Crippen molar-refractivity contribution in [3.8, 4) is 5.75 Å². The normalized spacial score (nSPS) is 33.8. The predicted molar refractivity (Wildman–Crippen MR) is 111 cm³/mol. The molecule has 0 aromatic heterocycles. The number of carbonyl (C=O) groups is 3. The number of aliphatic hydroxyl groups is 4. The number of rotatable bonds is 1. The van der Waals surface area contributed by atoms with Crippen LogP contribution in [0.1, 0.15) is 23.7 Å². The molecule has 2 fully saturated rings. The number of carbonyl (C=O) groups excluding carboxylic acids is 3. The number of phenols is 1. The van der Waals surface area contributed by atoms with Crippen molar-refractivity contribution >= 4 is 34.7 Å². The monoisotopic (exact) mass is 464 g/mol. The molecule has 5 unspecified atom stereocenters. The number of Topliss-reactive ketones (excluding diaryl/α,β-unsaturated/α-hetero) is 3. The zero-order chi connectivity index (χ0) is 23.9. The van der Waals surface area contributed by atoms with Crippen molar-refractivity contribution in [2.45, 2.75) is 24.2 Å². The zero-order valence-electron chi connectivity index (χ0n) is 17.0. The van der Waals surface area contributed by atoms with E-state index in [9.17, 15) is 39.9 Å². The molecule has 3 aliphatic carbocycles. The van der Waals surface area contributed by atoms with Gasteiger partial charge in [-0.3, -0.25) is 19.3 Å². The Hall–Kier alpha value is -2.92. The predicted octanol–water partition coefficient (Wildman–Crippen LogP) is 0.108. The maximum absolute atomic E-state index is 13.5. The van der Waals surface area contributed by atoms with Gasteiger partial charge >= 0.3 is 0 Å². The molecule has 0 radical (unpaired) electrons. The van der Waals surface area contributed by atoms with Crippen molar-refractivity contribution in [1.82, 2.24) is 4.90 Å². The van der Waals surface area contributed by atoms with E-state index in [1.165, 1.54) is 25.1 Å². The zero-order valence-corrected chi connectivity index (χ0v) is 17.8. The number of phenolic OH excluding ortho intramolecular Hbond substituents is 1. The van der Waals surface area contributed by atoms with Gasteiger partial charge in [-0.15, -0.1) is 0 Å². The quantitative estimate of drug-likeness (QED) is 0.144. The Morgan fingerprint density at radius 1 is 1.19 bits per heavy atom. The lowest BCUT2D eigenvalue weighted by Gasteiger charge is -2.50. The van der Waals surface area contributed by atoms with Crippen LogP contribution in [0, 0.1) is 11.8 Å². The molecule has 0 spiro atoms. The lowest BCUT2D eigenvalue weighted by atomic mass is 9.55. The molecule has 2 saturated carbocycles. The smallest absolute Gasteiger partial charge is 0.211 e. The van der Waals surface area contributed by atoms with Crippen LogP contribution in [-0.4, -0.2) is 73.5 Å². The summed E-state index contributed by atoms with van der Waals surface area (Å²) in [5, 5.41) is 53.4. The summed E-state index contributed by atoms with van der Waals surface area (Å²) in [5.41, 5.74) is 0.811. The second-order valence-corrected chi connectivity index (χ2v) is 8.88. The van der Waals surface area contributed by atoms with Crippen LogP contribution in [0.25, 0.3) is 5.76 Å². The van der Waals surface area contributed by atoms with Crippen molar-refractivity contribution in [3.05, 3.63) is 45.3 Å². The van der Waals surface area contributed by atoms with Crippen molar-refractivity contribution in [2.75, 3.05) is 14.1 Å². The summed E-state index contributed by atoms with van der Waals surface area (Å²) >= 11 is 6.18. The molecule has 4 rings (SSSR count). The number of aromatic hydroxyl groups is 1. The standard InChI is InChI=1S/C21H21ClN2O8/c1-24(2)14-7-5-6-10(16(27)12-9(25)4-3-8(22)11(12)15(6)26)18(29)21(7,32)19(30)13(17(14)28)20(23)31/h3-4,6-7,14-15,25-27,31-32H,5,23H2,1-2H3/b20-13+. The average molecular weight is 465 g/mol. The number of nitrogens with two attached hydrogens (primary N) is 1. The van der Waals surface area contributed by atoms with Crippen molar-refractivity contribution < 1.29 is 39.9 Å². The number of halogens is 1. The van der Waals surface area contributed by atoms with Crippen LogP contribution in [0.5, 0.6) is 5.75 Å². The van der Waals surface area contributed by atoms with Gasteiger partial charge in [-0.25, -0.2) is 0 Å². The summed E-state index contributed by atoms with van der Waals surface area (Å²) in [6, 6.07) is 1.24. The number of hydrogen-bond acceptors (Lipinski definition) is 10. The van der Waals surface area contributed by atoms with E-state index in [4.69, 9.17) is 17.3 Å². The molecule has 0 heterocycles. The number of aliphatic hydroxyl groups excluding tert-OH is 3. The third kappa shape index (κ3) is 2.61. The van der Waals surface area contributed by atoms with E-state index in [-0.39, 0.29) is 22.6 Å². The molecule has 10 nitrogen and oxygen atoms in total. The Morgan fingerprint density at radius 3 is 2.38 bits per heavy atom. The SMILES string of the molecule is CN(C)C1C(=O)/C(=C(/N)O)C(=O)C2(O)C(=O)C3=C(O)c4c(O)ccc(Cl)c4C(O)C3CC12. The van der Waals surface area contributed by atoms with Gasteiger partial charge in [0.1, 0.15) is 17.1 Å². The molecule has 170 valence electrons. The Morgan fingerprint density at radius 2 is 1.81 bits per heavy atom. The third-order valence-corrected chi connectivity index (χ3v) is 6.96. The number of likely N-dealkylation sites (N-methyl/N-ethyl adjacent to an activating group) is 1. The highest BCUT2D eigenvalue weighted by Gasteiger charge is 2.67. The Kier molecular flexibility index (Phi) is 4.90. The van der Waals surface area contributed by atoms with Crippen molar-refractivity contribution in [1.29, 1.82) is 0 Å². The summed E-state index contributed by atoms with van der Waals surface area (Å²) in [5.74, 6) is -8.29. The Labute approximate surface area is 186 Å². The maximum Gasteiger partial charge on any atom is 0.211 e. The van der Waals surface area contributed by atoms with Gasteiger partial charge in [0.15, 0.2) is 17.3 Å². The summed E-state index contributed by atoms with van der Waals surface area (Å²) in [6.45, 7) is 0. The molecule has 0 amide bonds. The van der Waals surface area contributed by atoms with Crippen LogP contribution in [0.4, 0.5) is 0 Å². The second-order valence-electron chi connectivity index (χ2n) is 8.47. The summed E-state index contributed by atoms with van der Waals surface area (Å²) in [7, 11) is 2.97. The first-order valence-electron chi connectivity index (χ1n) is 9.69. The molecule has 7 N–H and O–H groups in total. The third-order valence-electron chi connectivity index (χ3n) is 6.63. The Balaban J connectivity index is 2.01. The molecular weight excluding hydrogens is 444 g/mol. The number of benzene rings is 1.